The second kappa shape index (κ2) is 5.27. The number of ether oxygens (including phenoxy) is 1. The molecule has 1 aliphatic heterocycles. The molecular weight excluding hydrogens is 224 g/mol. The molecule has 4 nitrogen and oxygen atoms in total. The molecule has 1 rings (SSSR count). The van der Waals surface area contributed by atoms with Crippen LogP contribution in [0.4, 0.5) is 4.79 Å². The van der Waals surface area contributed by atoms with Crippen LogP contribution in [0.1, 0.15) is 27.2 Å². The maximum Gasteiger partial charge on any atom is 0.410 e. The highest BCUT2D eigenvalue weighted by Gasteiger charge is 2.31. The van der Waals surface area contributed by atoms with Crippen LogP contribution in [0.5, 0.6) is 0 Å². The molecule has 1 fully saturated rings. The van der Waals surface area contributed by atoms with Gasteiger partial charge in [0.2, 0.25) is 0 Å². The first-order valence-electron chi connectivity index (χ1n) is 5.60. The van der Waals surface area contributed by atoms with Crippen molar-refractivity contribution in [3.63, 3.8) is 0 Å². The zero-order chi connectivity index (χ0) is 12.3. The van der Waals surface area contributed by atoms with Gasteiger partial charge < -0.3 is 15.4 Å². The number of nitrogens with zero attached hydrogens (tertiary/aromatic N) is 1. The van der Waals surface area contributed by atoms with Crippen molar-refractivity contribution in [2.24, 2.45) is 5.73 Å². The Kier molecular flexibility index (Phi) is 4.50. The Labute approximate surface area is 102 Å². The Bertz CT molecular complexity index is 253. The van der Waals surface area contributed by atoms with Crippen LogP contribution in [-0.4, -0.2) is 47.2 Å². The van der Waals surface area contributed by atoms with Crippen molar-refractivity contribution >= 4 is 17.9 Å². The van der Waals surface area contributed by atoms with Gasteiger partial charge in [-0.3, -0.25) is 0 Å². The van der Waals surface area contributed by atoms with Gasteiger partial charge in [0.25, 0.3) is 0 Å². The summed E-state index contributed by atoms with van der Waals surface area (Å²) < 4.78 is 5.34. The van der Waals surface area contributed by atoms with Crippen molar-refractivity contribution in [3.05, 3.63) is 0 Å². The predicted octanol–water partition coefficient (Wildman–Crippen LogP) is 1.69. The molecular formula is C11H22N2O2S. The topological polar surface area (TPSA) is 55.6 Å². The monoisotopic (exact) mass is 246 g/mol. The number of carbonyl (C=O) groups is 1. The molecule has 0 radical (unpaired) electrons. The van der Waals surface area contributed by atoms with E-state index in [0.717, 1.165) is 6.42 Å². The minimum atomic E-state index is -0.425. The lowest BCUT2D eigenvalue weighted by Gasteiger charge is -2.36. The van der Waals surface area contributed by atoms with E-state index in [9.17, 15) is 4.79 Å². The third kappa shape index (κ3) is 3.87. The molecule has 5 heteroatoms. The molecule has 94 valence electrons. The molecule has 0 aliphatic carbocycles. The summed E-state index contributed by atoms with van der Waals surface area (Å²) >= 11 is 1.72. The normalized spacial score (nSPS) is 26.7. The van der Waals surface area contributed by atoms with Crippen LogP contribution in [0, 0.1) is 0 Å². The Hall–Kier alpha value is -0.420. The number of likely N-dealkylation sites (tertiary alicyclic amines) is 1. The Balaban J connectivity index is 2.52. The van der Waals surface area contributed by atoms with Gasteiger partial charge in [0.05, 0.1) is 0 Å². The number of piperidine rings is 1. The summed E-state index contributed by atoms with van der Waals surface area (Å²) in [6.07, 6.45) is 2.66. The first-order valence-corrected chi connectivity index (χ1v) is 6.88. The van der Waals surface area contributed by atoms with Crippen molar-refractivity contribution in [1.29, 1.82) is 0 Å². The van der Waals surface area contributed by atoms with E-state index in [1.807, 2.05) is 27.0 Å². The van der Waals surface area contributed by atoms with Crippen LogP contribution in [0.25, 0.3) is 0 Å². The molecule has 0 unspecified atom stereocenters. The first kappa shape index (κ1) is 13.6. The van der Waals surface area contributed by atoms with E-state index in [-0.39, 0.29) is 12.1 Å². The molecule has 2 N–H and O–H groups in total. The van der Waals surface area contributed by atoms with Crippen LogP contribution in [0.3, 0.4) is 0 Å². The maximum atomic E-state index is 11.8. The Morgan fingerprint density at radius 1 is 1.50 bits per heavy atom. The number of carbonyl (C=O) groups excluding carboxylic acids is 1. The largest absolute Gasteiger partial charge is 0.444 e. The third-order valence-electron chi connectivity index (χ3n) is 2.56. The zero-order valence-corrected chi connectivity index (χ0v) is 11.3. The predicted molar refractivity (Wildman–Crippen MR) is 67.7 cm³/mol. The lowest BCUT2D eigenvalue weighted by atomic mass is 10.1. The number of nitrogens with two attached hydrogens (primary N) is 1. The average Bonchev–Trinajstić information content (AvgIpc) is 2.15. The molecule has 1 amide bonds. The second-order valence-corrected chi connectivity index (χ2v) is 6.23. The lowest BCUT2D eigenvalue weighted by Crippen LogP contribution is -2.51. The van der Waals surface area contributed by atoms with Gasteiger partial charge in [-0.1, -0.05) is 0 Å². The highest BCUT2D eigenvalue weighted by molar-refractivity contribution is 7.99. The van der Waals surface area contributed by atoms with Gasteiger partial charge in [-0.2, -0.15) is 11.8 Å². The van der Waals surface area contributed by atoms with Crippen LogP contribution in [-0.2, 0) is 4.74 Å². The van der Waals surface area contributed by atoms with E-state index in [1.165, 1.54) is 0 Å². The van der Waals surface area contributed by atoms with Gasteiger partial charge in [-0.05, 0) is 33.4 Å². The highest BCUT2D eigenvalue weighted by atomic mass is 32.2. The highest BCUT2D eigenvalue weighted by Crippen LogP contribution is 2.21. The Morgan fingerprint density at radius 3 is 2.62 bits per heavy atom. The fourth-order valence-corrected chi connectivity index (χ4v) is 2.49. The van der Waals surface area contributed by atoms with Crippen molar-refractivity contribution in [2.45, 2.75) is 44.1 Å². The van der Waals surface area contributed by atoms with E-state index in [0.29, 0.717) is 18.3 Å². The number of rotatable bonds is 1. The summed E-state index contributed by atoms with van der Waals surface area (Å²) in [7, 11) is 0. The fourth-order valence-electron chi connectivity index (χ4n) is 1.68. The molecule has 2 atom stereocenters. The van der Waals surface area contributed by atoms with Crippen molar-refractivity contribution < 1.29 is 9.53 Å². The standard InChI is InChI=1S/C11H22N2O2S/c1-11(2,3)15-10(14)13-6-5-8(12)9(7-13)16-4/h8-9H,5-7,12H2,1-4H3/t8-,9+/m0/s1. The minimum absolute atomic E-state index is 0.189. The summed E-state index contributed by atoms with van der Waals surface area (Å²) in [5, 5.41) is 0.321. The van der Waals surface area contributed by atoms with E-state index >= 15 is 0 Å². The maximum absolute atomic E-state index is 11.8. The molecule has 16 heavy (non-hydrogen) atoms. The fraction of sp³-hybridized carbons (Fsp3) is 0.909. The van der Waals surface area contributed by atoms with Crippen molar-refractivity contribution in [2.75, 3.05) is 19.3 Å². The summed E-state index contributed by atoms with van der Waals surface area (Å²) in [4.78, 5) is 13.6. The lowest BCUT2D eigenvalue weighted by molar-refractivity contribution is 0.0212. The molecule has 0 bridgehead atoms. The SMILES string of the molecule is CS[C@@H]1CN(C(=O)OC(C)(C)C)CC[C@@H]1N. The zero-order valence-electron chi connectivity index (χ0n) is 10.5. The van der Waals surface area contributed by atoms with Crippen LogP contribution >= 0.6 is 11.8 Å². The summed E-state index contributed by atoms with van der Waals surface area (Å²) in [5.74, 6) is 0. The third-order valence-corrected chi connectivity index (χ3v) is 3.67. The van der Waals surface area contributed by atoms with Crippen molar-refractivity contribution in [3.8, 4) is 0 Å². The molecule has 0 spiro atoms. The van der Waals surface area contributed by atoms with Crippen LogP contribution < -0.4 is 5.73 Å². The molecule has 0 aromatic carbocycles. The minimum Gasteiger partial charge on any atom is -0.444 e. The van der Waals surface area contributed by atoms with Gasteiger partial charge in [-0.25, -0.2) is 4.79 Å². The van der Waals surface area contributed by atoms with Gasteiger partial charge in [0.15, 0.2) is 0 Å². The van der Waals surface area contributed by atoms with Gasteiger partial charge >= 0.3 is 6.09 Å². The number of thioether (sulfide) groups is 1. The van der Waals surface area contributed by atoms with E-state index in [1.54, 1.807) is 16.7 Å². The van der Waals surface area contributed by atoms with Crippen LogP contribution in [0.15, 0.2) is 0 Å². The van der Waals surface area contributed by atoms with E-state index in [2.05, 4.69) is 0 Å². The quantitative estimate of drug-likeness (QED) is 0.765. The van der Waals surface area contributed by atoms with Gasteiger partial charge in [0.1, 0.15) is 5.60 Å². The summed E-state index contributed by atoms with van der Waals surface area (Å²) in [6, 6.07) is 0.189. The molecule has 1 heterocycles. The Morgan fingerprint density at radius 2 is 2.12 bits per heavy atom. The van der Waals surface area contributed by atoms with E-state index < -0.39 is 5.60 Å². The summed E-state index contributed by atoms with van der Waals surface area (Å²) in [6.45, 7) is 7.04. The summed E-state index contributed by atoms with van der Waals surface area (Å²) in [5.41, 5.74) is 5.55. The first-order chi connectivity index (χ1) is 7.33. The molecule has 1 aliphatic rings. The number of hydrogen-bond acceptors (Lipinski definition) is 4. The second-order valence-electron chi connectivity index (χ2n) is 5.15. The molecule has 1 saturated heterocycles. The van der Waals surface area contributed by atoms with Crippen LogP contribution in [0.2, 0.25) is 0 Å². The van der Waals surface area contributed by atoms with Gasteiger partial charge in [0, 0.05) is 24.4 Å². The molecule has 0 aromatic rings. The number of amides is 1. The van der Waals surface area contributed by atoms with Crippen molar-refractivity contribution in [1.82, 2.24) is 4.90 Å². The smallest absolute Gasteiger partial charge is 0.410 e. The average molecular weight is 246 g/mol. The number of hydrogen-bond donors (Lipinski definition) is 1. The van der Waals surface area contributed by atoms with E-state index in [4.69, 9.17) is 10.5 Å². The molecule has 0 saturated carbocycles. The van der Waals surface area contributed by atoms with Gasteiger partial charge in [-0.15, -0.1) is 0 Å². The molecule has 0 aromatic heterocycles.